The molecule has 0 aliphatic heterocycles. The summed E-state index contributed by atoms with van der Waals surface area (Å²) in [6.07, 6.45) is 0.466. The van der Waals surface area contributed by atoms with Crippen LogP contribution in [0.1, 0.15) is 12.5 Å². The summed E-state index contributed by atoms with van der Waals surface area (Å²) >= 11 is 5.77. The largest absolute Gasteiger partial charge is 0.378 e. The molecule has 2 nitrogen and oxygen atoms in total. The highest BCUT2D eigenvalue weighted by molar-refractivity contribution is 6.31. The molecule has 0 saturated carbocycles. The molecule has 1 rings (SSSR count). The van der Waals surface area contributed by atoms with Crippen LogP contribution in [0.2, 0.25) is 5.02 Å². The van der Waals surface area contributed by atoms with Gasteiger partial charge in [0.25, 0.3) is 0 Å². The highest BCUT2D eigenvalue weighted by atomic mass is 35.5. The number of aldehydes is 1. The van der Waals surface area contributed by atoms with Gasteiger partial charge in [0.1, 0.15) is 5.60 Å². The van der Waals surface area contributed by atoms with Crippen molar-refractivity contribution in [3.63, 3.8) is 0 Å². The van der Waals surface area contributed by atoms with Crippen molar-refractivity contribution in [1.29, 1.82) is 0 Å². The van der Waals surface area contributed by atoms with Gasteiger partial charge in [-0.2, -0.15) is 0 Å². The van der Waals surface area contributed by atoms with Gasteiger partial charge in [-0.15, -0.1) is 0 Å². The fourth-order valence-electron chi connectivity index (χ4n) is 0.935. The zero-order chi connectivity index (χ0) is 9.19. The van der Waals surface area contributed by atoms with E-state index in [0.29, 0.717) is 16.9 Å². The molecule has 1 N–H and O–H groups in total. The number of carbonyl (C=O) groups is 1. The second-order valence-electron chi connectivity index (χ2n) is 2.75. The Hall–Kier alpha value is -0.860. The van der Waals surface area contributed by atoms with Gasteiger partial charge in [0, 0.05) is 10.6 Å². The third-order valence-electron chi connectivity index (χ3n) is 1.65. The van der Waals surface area contributed by atoms with E-state index in [2.05, 4.69) is 0 Å². The molecule has 0 aromatic heterocycles. The van der Waals surface area contributed by atoms with Gasteiger partial charge in [0.2, 0.25) is 0 Å². The molecular weight excluding hydrogens is 176 g/mol. The van der Waals surface area contributed by atoms with Crippen LogP contribution in [0.4, 0.5) is 0 Å². The van der Waals surface area contributed by atoms with Crippen LogP contribution in [-0.4, -0.2) is 11.4 Å². The second kappa shape index (κ2) is 3.25. The van der Waals surface area contributed by atoms with Crippen molar-refractivity contribution in [1.82, 2.24) is 0 Å². The van der Waals surface area contributed by atoms with Crippen LogP contribution in [0.3, 0.4) is 0 Å². The van der Waals surface area contributed by atoms with Crippen LogP contribution in [-0.2, 0) is 10.4 Å². The quantitative estimate of drug-likeness (QED) is 0.711. The third-order valence-corrected chi connectivity index (χ3v) is 1.98. The number of aliphatic hydroxyl groups is 1. The number of halogens is 1. The lowest BCUT2D eigenvalue weighted by atomic mass is 9.98. The van der Waals surface area contributed by atoms with E-state index in [1.807, 2.05) is 0 Å². The summed E-state index contributed by atoms with van der Waals surface area (Å²) in [6.45, 7) is 1.40. The van der Waals surface area contributed by atoms with Crippen LogP contribution >= 0.6 is 11.6 Å². The minimum absolute atomic E-state index is 0.398. The highest BCUT2D eigenvalue weighted by Gasteiger charge is 2.23. The van der Waals surface area contributed by atoms with Crippen molar-refractivity contribution in [3.05, 3.63) is 34.9 Å². The van der Waals surface area contributed by atoms with E-state index >= 15 is 0 Å². The van der Waals surface area contributed by atoms with Crippen molar-refractivity contribution < 1.29 is 9.90 Å². The first-order chi connectivity index (χ1) is 5.58. The summed E-state index contributed by atoms with van der Waals surface area (Å²) in [4.78, 5) is 10.5. The fraction of sp³-hybridized carbons (Fsp3) is 0.222. The molecule has 12 heavy (non-hydrogen) atoms. The lowest BCUT2D eigenvalue weighted by Crippen LogP contribution is -2.22. The van der Waals surface area contributed by atoms with Crippen LogP contribution in [0.5, 0.6) is 0 Å². The molecule has 0 spiro atoms. The number of hydrogen-bond acceptors (Lipinski definition) is 2. The molecule has 0 saturated heterocycles. The van der Waals surface area contributed by atoms with E-state index in [0.717, 1.165) is 0 Å². The molecule has 0 amide bonds. The monoisotopic (exact) mass is 184 g/mol. The molecular formula is C9H9ClO2. The maximum Gasteiger partial charge on any atom is 0.155 e. The molecule has 3 heteroatoms. The van der Waals surface area contributed by atoms with Crippen molar-refractivity contribution in [2.45, 2.75) is 12.5 Å². The van der Waals surface area contributed by atoms with E-state index in [-0.39, 0.29) is 0 Å². The molecule has 0 bridgehead atoms. The van der Waals surface area contributed by atoms with Gasteiger partial charge in [-0.3, -0.25) is 4.79 Å². The molecule has 0 fully saturated rings. The average molecular weight is 185 g/mol. The van der Waals surface area contributed by atoms with Gasteiger partial charge in [0.15, 0.2) is 6.29 Å². The lowest BCUT2D eigenvalue weighted by Gasteiger charge is -2.16. The lowest BCUT2D eigenvalue weighted by molar-refractivity contribution is -0.123. The summed E-state index contributed by atoms with van der Waals surface area (Å²) in [6, 6.07) is 6.72. The van der Waals surface area contributed by atoms with Gasteiger partial charge in [0.05, 0.1) is 0 Å². The molecule has 1 unspecified atom stereocenters. The second-order valence-corrected chi connectivity index (χ2v) is 3.15. The van der Waals surface area contributed by atoms with Crippen LogP contribution in [0.25, 0.3) is 0 Å². The van der Waals surface area contributed by atoms with Crippen molar-refractivity contribution >= 4 is 17.9 Å². The number of hydrogen-bond donors (Lipinski definition) is 1. The van der Waals surface area contributed by atoms with Gasteiger partial charge < -0.3 is 5.11 Å². The normalized spacial score (nSPS) is 15.2. The van der Waals surface area contributed by atoms with Gasteiger partial charge in [-0.1, -0.05) is 29.8 Å². The number of rotatable bonds is 2. The zero-order valence-electron chi connectivity index (χ0n) is 6.62. The Balaban J connectivity index is 3.19. The average Bonchev–Trinajstić information content (AvgIpc) is 2.05. The minimum atomic E-state index is -1.49. The van der Waals surface area contributed by atoms with E-state index in [1.54, 1.807) is 24.3 Å². The number of carbonyl (C=O) groups excluding carboxylic acids is 1. The Morgan fingerprint density at radius 2 is 2.08 bits per heavy atom. The Kier molecular flexibility index (Phi) is 2.50. The summed E-state index contributed by atoms with van der Waals surface area (Å²) < 4.78 is 0. The molecule has 0 radical (unpaired) electrons. The molecule has 1 atom stereocenters. The molecule has 0 aliphatic rings. The van der Waals surface area contributed by atoms with Crippen molar-refractivity contribution in [2.24, 2.45) is 0 Å². The minimum Gasteiger partial charge on any atom is -0.378 e. The van der Waals surface area contributed by atoms with Crippen LogP contribution in [0, 0.1) is 0 Å². The van der Waals surface area contributed by atoms with Crippen LogP contribution < -0.4 is 0 Å². The van der Waals surface area contributed by atoms with E-state index in [1.165, 1.54) is 6.92 Å². The third kappa shape index (κ3) is 1.65. The topological polar surface area (TPSA) is 37.3 Å². The summed E-state index contributed by atoms with van der Waals surface area (Å²) in [5, 5.41) is 9.92. The van der Waals surface area contributed by atoms with Crippen molar-refractivity contribution in [2.75, 3.05) is 0 Å². The van der Waals surface area contributed by atoms with Crippen molar-refractivity contribution in [3.8, 4) is 0 Å². The smallest absolute Gasteiger partial charge is 0.155 e. The SMILES string of the molecule is CC(O)(C=O)c1ccccc1Cl. The maximum absolute atomic E-state index is 10.5. The Morgan fingerprint density at radius 1 is 1.50 bits per heavy atom. The van der Waals surface area contributed by atoms with E-state index in [9.17, 15) is 9.90 Å². The summed E-state index contributed by atoms with van der Waals surface area (Å²) in [5.41, 5.74) is -1.06. The van der Waals surface area contributed by atoms with Crippen LogP contribution in [0.15, 0.2) is 24.3 Å². The van der Waals surface area contributed by atoms with Gasteiger partial charge in [-0.05, 0) is 13.0 Å². The highest BCUT2D eigenvalue weighted by Crippen LogP contribution is 2.25. The first-order valence-electron chi connectivity index (χ1n) is 3.51. The Labute approximate surface area is 75.8 Å². The summed E-state index contributed by atoms with van der Waals surface area (Å²) in [5.74, 6) is 0. The van der Waals surface area contributed by atoms with Gasteiger partial charge >= 0.3 is 0 Å². The molecule has 0 heterocycles. The fourth-order valence-corrected chi connectivity index (χ4v) is 1.26. The molecule has 64 valence electrons. The Morgan fingerprint density at radius 3 is 2.58 bits per heavy atom. The maximum atomic E-state index is 10.5. The first-order valence-corrected chi connectivity index (χ1v) is 3.89. The predicted molar refractivity (Wildman–Crippen MR) is 47.1 cm³/mol. The summed E-state index contributed by atoms with van der Waals surface area (Å²) in [7, 11) is 0. The van der Waals surface area contributed by atoms with Gasteiger partial charge in [-0.25, -0.2) is 0 Å². The standard InChI is InChI=1S/C9H9ClO2/c1-9(12,6-11)7-4-2-3-5-8(7)10/h2-6,12H,1H3. The molecule has 1 aromatic carbocycles. The Bertz CT molecular complexity index is 294. The zero-order valence-corrected chi connectivity index (χ0v) is 7.38. The van der Waals surface area contributed by atoms with E-state index < -0.39 is 5.60 Å². The molecule has 1 aromatic rings. The molecule has 0 aliphatic carbocycles. The first kappa shape index (κ1) is 9.23. The number of benzene rings is 1. The predicted octanol–water partition coefficient (Wildman–Crippen LogP) is 1.75. The van der Waals surface area contributed by atoms with E-state index in [4.69, 9.17) is 11.6 Å².